The smallest absolute Gasteiger partial charge is 0.329 e. The first-order chi connectivity index (χ1) is 13.2. The first-order valence-electron chi connectivity index (χ1n) is 7.77. The number of sulfonamides is 1. The summed E-state index contributed by atoms with van der Waals surface area (Å²) in [6, 6.07) is 11.7. The Morgan fingerprint density at radius 3 is 2.50 bits per heavy atom. The van der Waals surface area contributed by atoms with E-state index in [2.05, 4.69) is 14.7 Å². The summed E-state index contributed by atoms with van der Waals surface area (Å²) >= 11 is 1.04. The van der Waals surface area contributed by atoms with Crippen LogP contribution in [0.25, 0.3) is 10.7 Å². The van der Waals surface area contributed by atoms with Crippen molar-refractivity contribution >= 4 is 21.4 Å². The first-order valence-corrected chi connectivity index (χ1v) is 10.2. The highest BCUT2D eigenvalue weighted by molar-refractivity contribution is 7.88. The van der Waals surface area contributed by atoms with Gasteiger partial charge in [-0.15, -0.1) is 11.3 Å². The molecule has 1 aromatic carbocycles. The van der Waals surface area contributed by atoms with Gasteiger partial charge in [0.1, 0.15) is 0 Å². The summed E-state index contributed by atoms with van der Waals surface area (Å²) in [5.41, 5.74) is 0.600. The van der Waals surface area contributed by atoms with Gasteiger partial charge in [-0.2, -0.15) is 18.2 Å². The molecular formula is C16H14F3N3O4S2. The summed E-state index contributed by atoms with van der Waals surface area (Å²) in [7, 11) is -2.55. The molecule has 3 rings (SSSR count). The number of hydroxylamine groups is 1. The maximum atomic E-state index is 12.6. The number of rotatable bonds is 7. The standard InChI is InChI=1S/C16H14F3N3O4S2/c1-25-22(28(23,24)10-11-5-3-2-4-6-11)9-12-7-8-13(27-12)14-20-15(26-21-14)16(17,18)19/h2-8H,9-10H2,1H3. The van der Waals surface area contributed by atoms with Crippen LogP contribution >= 0.6 is 11.3 Å². The molecule has 12 heteroatoms. The molecule has 28 heavy (non-hydrogen) atoms. The minimum atomic E-state index is -4.73. The number of alkyl halides is 3. The van der Waals surface area contributed by atoms with Crippen LogP contribution in [-0.4, -0.2) is 30.1 Å². The first kappa shape index (κ1) is 20.5. The van der Waals surface area contributed by atoms with Crippen molar-refractivity contribution < 1.29 is 30.9 Å². The highest BCUT2D eigenvalue weighted by Crippen LogP contribution is 2.32. The third-order valence-corrected chi connectivity index (χ3v) is 6.20. The Bertz CT molecular complexity index is 1030. The molecule has 0 saturated carbocycles. The van der Waals surface area contributed by atoms with E-state index in [1.54, 1.807) is 36.4 Å². The van der Waals surface area contributed by atoms with Gasteiger partial charge in [-0.3, -0.25) is 4.84 Å². The third kappa shape index (κ3) is 4.76. The quantitative estimate of drug-likeness (QED) is 0.528. The molecule has 2 aromatic heterocycles. The molecule has 0 aliphatic heterocycles. The third-order valence-electron chi connectivity index (χ3n) is 3.54. The van der Waals surface area contributed by atoms with Gasteiger partial charge in [-0.25, -0.2) is 8.42 Å². The molecule has 0 unspecified atom stereocenters. The summed E-state index contributed by atoms with van der Waals surface area (Å²) in [5, 5.41) is 3.31. The average Bonchev–Trinajstić information content (AvgIpc) is 3.29. The number of benzene rings is 1. The Kier molecular flexibility index (Phi) is 5.84. The van der Waals surface area contributed by atoms with Gasteiger partial charge in [0.25, 0.3) is 0 Å². The van der Waals surface area contributed by atoms with Crippen LogP contribution in [-0.2, 0) is 33.3 Å². The molecule has 0 amide bonds. The van der Waals surface area contributed by atoms with Crippen molar-refractivity contribution in [1.29, 1.82) is 0 Å². The lowest BCUT2D eigenvalue weighted by atomic mass is 10.2. The Morgan fingerprint density at radius 1 is 1.18 bits per heavy atom. The van der Waals surface area contributed by atoms with Crippen LogP contribution in [0.4, 0.5) is 13.2 Å². The van der Waals surface area contributed by atoms with Gasteiger partial charge in [-0.05, 0) is 17.7 Å². The van der Waals surface area contributed by atoms with Gasteiger partial charge in [0.15, 0.2) is 0 Å². The van der Waals surface area contributed by atoms with Crippen molar-refractivity contribution in [2.24, 2.45) is 0 Å². The van der Waals surface area contributed by atoms with Crippen LogP contribution in [0.15, 0.2) is 47.0 Å². The van der Waals surface area contributed by atoms with E-state index in [0.717, 1.165) is 15.8 Å². The van der Waals surface area contributed by atoms with E-state index in [1.807, 2.05) is 0 Å². The maximum Gasteiger partial charge on any atom is 0.471 e. The minimum Gasteiger partial charge on any atom is -0.329 e. The highest BCUT2D eigenvalue weighted by Gasteiger charge is 2.38. The SMILES string of the molecule is CON(Cc1ccc(-c2noc(C(F)(F)F)n2)s1)S(=O)(=O)Cc1ccccc1. The largest absolute Gasteiger partial charge is 0.471 e. The Morgan fingerprint density at radius 2 is 1.89 bits per heavy atom. The fraction of sp³-hybridized carbons (Fsp3) is 0.250. The van der Waals surface area contributed by atoms with Gasteiger partial charge in [0, 0.05) is 4.88 Å². The van der Waals surface area contributed by atoms with Crippen LogP contribution < -0.4 is 0 Å². The van der Waals surface area contributed by atoms with E-state index >= 15 is 0 Å². The molecule has 0 aliphatic carbocycles. The molecule has 2 heterocycles. The molecule has 0 fully saturated rings. The highest BCUT2D eigenvalue weighted by atomic mass is 32.2. The van der Waals surface area contributed by atoms with E-state index < -0.39 is 22.1 Å². The molecule has 0 spiro atoms. The number of thiophene rings is 1. The number of halogens is 3. The predicted molar refractivity (Wildman–Crippen MR) is 94.2 cm³/mol. The van der Waals surface area contributed by atoms with Crippen LogP contribution in [0.2, 0.25) is 0 Å². The van der Waals surface area contributed by atoms with Gasteiger partial charge in [0.05, 0.1) is 24.3 Å². The number of nitrogens with zero attached hydrogens (tertiary/aromatic N) is 3. The van der Waals surface area contributed by atoms with Crippen molar-refractivity contribution in [3.8, 4) is 10.7 Å². The zero-order valence-electron chi connectivity index (χ0n) is 14.4. The molecule has 0 aliphatic rings. The van der Waals surface area contributed by atoms with Gasteiger partial charge >= 0.3 is 12.1 Å². The second kappa shape index (κ2) is 7.99. The van der Waals surface area contributed by atoms with E-state index in [4.69, 9.17) is 4.84 Å². The van der Waals surface area contributed by atoms with Crippen LogP contribution in [0, 0.1) is 0 Å². The Labute approximate surface area is 162 Å². The van der Waals surface area contributed by atoms with E-state index in [0.29, 0.717) is 15.3 Å². The predicted octanol–water partition coefficient (Wildman–Crippen LogP) is 3.71. The van der Waals surface area contributed by atoms with Crippen LogP contribution in [0.1, 0.15) is 16.3 Å². The lowest BCUT2D eigenvalue weighted by Crippen LogP contribution is -2.30. The second-order valence-corrected chi connectivity index (χ2v) is 8.60. The summed E-state index contributed by atoms with van der Waals surface area (Å²) in [4.78, 5) is 9.17. The minimum absolute atomic E-state index is 0.111. The van der Waals surface area contributed by atoms with Gasteiger partial charge in [-0.1, -0.05) is 40.0 Å². The van der Waals surface area contributed by atoms with E-state index in [9.17, 15) is 21.6 Å². The lowest BCUT2D eigenvalue weighted by Gasteiger charge is -2.18. The Hall–Kier alpha value is -2.28. The fourth-order valence-corrected chi connectivity index (χ4v) is 4.60. The van der Waals surface area contributed by atoms with Crippen molar-refractivity contribution in [1.82, 2.24) is 14.6 Å². The summed E-state index contributed by atoms with van der Waals surface area (Å²) < 4.78 is 67.9. The summed E-state index contributed by atoms with van der Waals surface area (Å²) in [5.74, 6) is -1.92. The van der Waals surface area contributed by atoms with Gasteiger partial charge < -0.3 is 4.52 Å². The van der Waals surface area contributed by atoms with E-state index in [1.165, 1.54) is 13.2 Å². The zero-order valence-corrected chi connectivity index (χ0v) is 16.0. The zero-order chi connectivity index (χ0) is 20.4. The molecule has 0 radical (unpaired) electrons. The maximum absolute atomic E-state index is 12.6. The van der Waals surface area contributed by atoms with Crippen LogP contribution in [0.3, 0.4) is 0 Å². The molecule has 7 nitrogen and oxygen atoms in total. The van der Waals surface area contributed by atoms with Gasteiger partial charge in [0.2, 0.25) is 15.8 Å². The normalized spacial score (nSPS) is 12.6. The molecule has 0 atom stereocenters. The van der Waals surface area contributed by atoms with Crippen LogP contribution in [0.5, 0.6) is 0 Å². The van der Waals surface area contributed by atoms with E-state index in [-0.39, 0.29) is 18.1 Å². The number of hydrogen-bond donors (Lipinski definition) is 0. The van der Waals surface area contributed by atoms with Crippen molar-refractivity contribution in [2.75, 3.05) is 7.11 Å². The molecule has 3 aromatic rings. The van der Waals surface area contributed by atoms with Crippen molar-refractivity contribution in [3.63, 3.8) is 0 Å². The lowest BCUT2D eigenvalue weighted by molar-refractivity contribution is -0.159. The second-order valence-electron chi connectivity index (χ2n) is 5.57. The Balaban J connectivity index is 1.75. The van der Waals surface area contributed by atoms with Crippen molar-refractivity contribution in [3.05, 3.63) is 58.8 Å². The molecule has 0 bridgehead atoms. The average molecular weight is 433 g/mol. The topological polar surface area (TPSA) is 85.5 Å². The fourth-order valence-electron chi connectivity index (χ4n) is 2.28. The monoisotopic (exact) mass is 433 g/mol. The number of aromatic nitrogens is 2. The molecule has 150 valence electrons. The van der Waals surface area contributed by atoms with Crippen molar-refractivity contribution in [2.45, 2.75) is 18.5 Å². The summed E-state index contributed by atoms with van der Waals surface area (Å²) in [6.45, 7) is -0.111. The molecular weight excluding hydrogens is 419 g/mol. The summed E-state index contributed by atoms with van der Waals surface area (Å²) in [6.07, 6.45) is -4.73. The molecule has 0 N–H and O–H groups in total. The molecule has 0 saturated heterocycles. The number of hydrogen-bond acceptors (Lipinski definition) is 7.